The van der Waals surface area contributed by atoms with Crippen LogP contribution in [0.3, 0.4) is 0 Å². The maximum Gasteiger partial charge on any atom is 0.407 e. The van der Waals surface area contributed by atoms with Crippen LogP contribution >= 0.6 is 11.6 Å². The van der Waals surface area contributed by atoms with Gasteiger partial charge >= 0.3 is 6.09 Å². The third kappa shape index (κ3) is 5.69. The van der Waals surface area contributed by atoms with E-state index < -0.39 is 6.09 Å². The molecule has 0 spiro atoms. The number of amides is 2. The monoisotopic (exact) mass is 384 g/mol. The van der Waals surface area contributed by atoms with Crippen LogP contribution in [0.1, 0.15) is 18.4 Å². The molecule has 1 N–H and O–H groups in total. The molecular formula is C18H25ClN2O5. The van der Waals surface area contributed by atoms with Gasteiger partial charge in [0.1, 0.15) is 6.61 Å². The maximum absolute atomic E-state index is 12.5. The zero-order valence-electron chi connectivity index (χ0n) is 15.1. The lowest BCUT2D eigenvalue weighted by Gasteiger charge is -2.32. The van der Waals surface area contributed by atoms with Crippen LogP contribution in [0.2, 0.25) is 0 Å². The van der Waals surface area contributed by atoms with Gasteiger partial charge in [0.2, 0.25) is 5.91 Å². The number of likely N-dealkylation sites (tertiary alicyclic amines) is 1. The number of alkyl halides is 1. The molecule has 0 saturated carbocycles. The summed E-state index contributed by atoms with van der Waals surface area (Å²) in [6.07, 6.45) is 1.25. The number of hydrogen-bond donors (Lipinski definition) is 1. The number of carbonyl (C=O) groups is 2. The first-order chi connectivity index (χ1) is 12.6. The first-order valence-electron chi connectivity index (χ1n) is 8.55. The molecule has 2 amide bonds. The number of ether oxygens (including phenoxy) is 3. The highest BCUT2D eigenvalue weighted by atomic mass is 35.5. The molecule has 0 atom stereocenters. The van der Waals surface area contributed by atoms with Crippen molar-refractivity contribution in [2.75, 3.05) is 39.8 Å². The number of alkyl carbamates (subject to hydrolysis) is 1. The van der Waals surface area contributed by atoms with E-state index in [0.29, 0.717) is 43.9 Å². The summed E-state index contributed by atoms with van der Waals surface area (Å²) in [5, 5.41) is 2.80. The lowest BCUT2D eigenvalue weighted by atomic mass is 10.0. The Hall–Kier alpha value is -2.15. The minimum atomic E-state index is -0.458. The molecule has 1 heterocycles. The Morgan fingerprint density at radius 3 is 2.50 bits per heavy atom. The summed E-state index contributed by atoms with van der Waals surface area (Å²) in [5.41, 5.74) is 0.873. The molecular weight excluding hydrogens is 360 g/mol. The van der Waals surface area contributed by atoms with Crippen LogP contribution in [-0.2, 0) is 16.0 Å². The Morgan fingerprint density at radius 1 is 1.19 bits per heavy atom. The van der Waals surface area contributed by atoms with Crippen LogP contribution in [0.5, 0.6) is 11.5 Å². The topological polar surface area (TPSA) is 77.1 Å². The zero-order valence-corrected chi connectivity index (χ0v) is 15.9. The quantitative estimate of drug-likeness (QED) is 0.729. The number of nitrogens with one attached hydrogen (secondary N) is 1. The number of rotatable bonds is 7. The first kappa shape index (κ1) is 20.2. The average molecular weight is 385 g/mol. The van der Waals surface area contributed by atoms with Crippen molar-refractivity contribution < 1.29 is 23.8 Å². The third-order valence-corrected chi connectivity index (χ3v) is 4.44. The lowest BCUT2D eigenvalue weighted by molar-refractivity contribution is -0.131. The summed E-state index contributed by atoms with van der Waals surface area (Å²) in [7, 11) is 3.14. The fraction of sp³-hybridized carbons (Fsp3) is 0.556. The van der Waals surface area contributed by atoms with Crippen LogP contribution in [-0.4, -0.2) is 62.7 Å². The lowest BCUT2D eigenvalue weighted by Crippen LogP contribution is -2.47. The Kier molecular flexibility index (Phi) is 7.84. The fourth-order valence-corrected chi connectivity index (χ4v) is 2.97. The second-order valence-corrected chi connectivity index (χ2v) is 6.37. The largest absolute Gasteiger partial charge is 0.493 e. The van der Waals surface area contributed by atoms with Gasteiger partial charge in [0, 0.05) is 19.1 Å². The highest BCUT2D eigenvalue weighted by Gasteiger charge is 2.24. The Morgan fingerprint density at radius 2 is 1.88 bits per heavy atom. The van der Waals surface area contributed by atoms with Crippen LogP contribution in [0.15, 0.2) is 18.2 Å². The SMILES string of the molecule is COc1ccc(CC(=O)N2CCC(NC(=O)OCCCl)CC2)cc1OC. The van der Waals surface area contributed by atoms with Gasteiger partial charge in [-0.1, -0.05) is 6.07 Å². The van der Waals surface area contributed by atoms with Gasteiger partial charge in [0.05, 0.1) is 26.5 Å². The molecule has 0 unspecified atom stereocenters. The van der Waals surface area contributed by atoms with Crippen molar-refractivity contribution >= 4 is 23.6 Å². The Bertz CT molecular complexity index is 618. The number of carbonyl (C=O) groups excluding carboxylic acids is 2. The Balaban J connectivity index is 1.82. The van der Waals surface area contributed by atoms with E-state index in [9.17, 15) is 9.59 Å². The second kappa shape index (κ2) is 10.1. The fourth-order valence-electron chi connectivity index (χ4n) is 2.89. The molecule has 0 aromatic heterocycles. The van der Waals surface area contributed by atoms with Crippen LogP contribution in [0, 0.1) is 0 Å². The molecule has 1 fully saturated rings. The molecule has 1 aromatic rings. The number of nitrogens with zero attached hydrogens (tertiary/aromatic N) is 1. The zero-order chi connectivity index (χ0) is 18.9. The summed E-state index contributed by atoms with van der Waals surface area (Å²) < 4.78 is 15.4. The minimum absolute atomic E-state index is 0.0166. The van der Waals surface area contributed by atoms with Gasteiger partial charge in [-0.05, 0) is 30.5 Å². The van der Waals surface area contributed by atoms with Gasteiger partial charge in [-0.25, -0.2) is 4.79 Å². The van der Waals surface area contributed by atoms with Gasteiger partial charge in [-0.2, -0.15) is 0 Å². The third-order valence-electron chi connectivity index (χ3n) is 4.28. The smallest absolute Gasteiger partial charge is 0.407 e. The second-order valence-electron chi connectivity index (χ2n) is 5.99. The highest BCUT2D eigenvalue weighted by molar-refractivity contribution is 6.18. The highest BCUT2D eigenvalue weighted by Crippen LogP contribution is 2.28. The number of piperidine rings is 1. The van der Waals surface area contributed by atoms with Gasteiger partial charge in [0.15, 0.2) is 11.5 Å². The van der Waals surface area contributed by atoms with Crippen molar-refractivity contribution in [1.29, 1.82) is 0 Å². The van der Waals surface area contributed by atoms with E-state index in [1.54, 1.807) is 20.3 Å². The standard InChI is InChI=1S/C18H25ClN2O5/c1-24-15-4-3-13(11-16(15)25-2)12-17(22)21-8-5-14(6-9-21)20-18(23)26-10-7-19/h3-4,11,14H,5-10,12H2,1-2H3,(H,20,23). The minimum Gasteiger partial charge on any atom is -0.493 e. The average Bonchev–Trinajstić information content (AvgIpc) is 2.66. The number of halogens is 1. The van der Waals surface area contributed by atoms with E-state index in [1.807, 2.05) is 17.0 Å². The number of hydrogen-bond acceptors (Lipinski definition) is 5. The summed E-state index contributed by atoms with van der Waals surface area (Å²) in [6, 6.07) is 5.49. The van der Waals surface area contributed by atoms with Gasteiger partial charge < -0.3 is 24.4 Å². The molecule has 0 aliphatic carbocycles. The normalized spacial score (nSPS) is 14.7. The van der Waals surface area contributed by atoms with E-state index in [-0.39, 0.29) is 24.4 Å². The predicted octanol–water partition coefficient (Wildman–Crippen LogP) is 2.20. The molecule has 1 aromatic carbocycles. The van der Waals surface area contributed by atoms with Gasteiger partial charge in [-0.3, -0.25) is 4.79 Å². The summed E-state index contributed by atoms with van der Waals surface area (Å²) >= 11 is 5.48. The maximum atomic E-state index is 12.5. The Labute approximate surface area is 158 Å². The first-order valence-corrected chi connectivity index (χ1v) is 9.08. The molecule has 1 aliphatic rings. The molecule has 1 saturated heterocycles. The van der Waals surface area contributed by atoms with Gasteiger partial charge in [0.25, 0.3) is 0 Å². The van der Waals surface area contributed by atoms with Gasteiger partial charge in [-0.15, -0.1) is 11.6 Å². The van der Waals surface area contributed by atoms with Crippen molar-refractivity contribution in [3.8, 4) is 11.5 Å². The molecule has 26 heavy (non-hydrogen) atoms. The molecule has 2 rings (SSSR count). The van der Waals surface area contributed by atoms with Crippen molar-refractivity contribution in [3.63, 3.8) is 0 Å². The summed E-state index contributed by atoms with van der Waals surface area (Å²) in [4.78, 5) is 25.9. The van der Waals surface area contributed by atoms with Crippen molar-refractivity contribution in [2.24, 2.45) is 0 Å². The van der Waals surface area contributed by atoms with E-state index in [1.165, 1.54) is 0 Å². The van der Waals surface area contributed by atoms with E-state index in [4.69, 9.17) is 25.8 Å². The van der Waals surface area contributed by atoms with Crippen LogP contribution in [0.25, 0.3) is 0 Å². The summed E-state index contributed by atoms with van der Waals surface area (Å²) in [6.45, 7) is 1.40. The number of benzene rings is 1. The van der Waals surface area contributed by atoms with E-state index in [2.05, 4.69) is 5.32 Å². The van der Waals surface area contributed by atoms with E-state index in [0.717, 1.165) is 5.56 Å². The molecule has 1 aliphatic heterocycles. The molecule has 144 valence electrons. The molecule has 8 heteroatoms. The molecule has 0 radical (unpaired) electrons. The van der Waals surface area contributed by atoms with Crippen molar-refractivity contribution in [3.05, 3.63) is 23.8 Å². The molecule has 7 nitrogen and oxygen atoms in total. The van der Waals surface area contributed by atoms with Crippen molar-refractivity contribution in [1.82, 2.24) is 10.2 Å². The predicted molar refractivity (Wildman–Crippen MR) is 98.1 cm³/mol. The van der Waals surface area contributed by atoms with Crippen LogP contribution in [0.4, 0.5) is 4.79 Å². The number of methoxy groups -OCH3 is 2. The van der Waals surface area contributed by atoms with Crippen molar-refractivity contribution in [2.45, 2.75) is 25.3 Å². The summed E-state index contributed by atoms with van der Waals surface area (Å²) in [5.74, 6) is 1.57. The molecule has 0 bridgehead atoms. The van der Waals surface area contributed by atoms with E-state index >= 15 is 0 Å². The van der Waals surface area contributed by atoms with Crippen LogP contribution < -0.4 is 14.8 Å².